The van der Waals surface area contributed by atoms with Gasteiger partial charge in [0.05, 0.1) is 23.6 Å². The molecule has 3 aliphatic heterocycles. The van der Waals surface area contributed by atoms with Gasteiger partial charge in [-0.2, -0.15) is 5.10 Å². The fourth-order valence-electron chi connectivity index (χ4n) is 4.76. The highest BCUT2D eigenvalue weighted by Gasteiger charge is 2.39. The number of benzene rings is 1. The minimum atomic E-state index is -0.00242. The van der Waals surface area contributed by atoms with Crippen LogP contribution in [0.1, 0.15) is 24.8 Å². The van der Waals surface area contributed by atoms with E-state index in [1.807, 2.05) is 18.1 Å². The van der Waals surface area contributed by atoms with Gasteiger partial charge in [-0.1, -0.05) is 18.2 Å². The maximum atomic E-state index is 13.0. The van der Waals surface area contributed by atoms with Crippen LogP contribution >= 0.6 is 0 Å². The molecule has 1 aromatic heterocycles. The van der Waals surface area contributed by atoms with E-state index in [9.17, 15) is 4.79 Å². The average Bonchev–Trinajstić information content (AvgIpc) is 3.39. The number of aliphatic imine (C=N–C) groups is 1. The van der Waals surface area contributed by atoms with Gasteiger partial charge in [0.1, 0.15) is 0 Å². The van der Waals surface area contributed by atoms with Crippen LogP contribution in [0.5, 0.6) is 0 Å². The minimum Gasteiger partial charge on any atom is -0.308 e. The van der Waals surface area contributed by atoms with Crippen LogP contribution in [-0.4, -0.2) is 52.0 Å². The summed E-state index contributed by atoms with van der Waals surface area (Å²) >= 11 is 0. The van der Waals surface area contributed by atoms with Crippen molar-refractivity contribution in [2.75, 3.05) is 24.5 Å². The van der Waals surface area contributed by atoms with E-state index in [2.05, 4.69) is 34.3 Å². The standard InChI is InChI=1S/C21H25N5O/c1-24-14-17(12-22-24)26-10-8-20(21(26)27)25-9-4-6-16(13-25)19-11-15-5-2-3-7-18(15)23-19/h2-3,5,7,12,14,16,20H,4,6,8-11,13H2,1H3. The van der Waals surface area contributed by atoms with Gasteiger partial charge in [-0.15, -0.1) is 0 Å². The second-order valence-corrected chi connectivity index (χ2v) is 7.91. The minimum absolute atomic E-state index is 0.00242. The van der Waals surface area contributed by atoms with E-state index in [1.54, 1.807) is 10.9 Å². The van der Waals surface area contributed by atoms with Gasteiger partial charge in [-0.05, 0) is 37.4 Å². The average molecular weight is 363 g/mol. The second-order valence-electron chi connectivity index (χ2n) is 7.91. The van der Waals surface area contributed by atoms with Gasteiger partial charge in [0.25, 0.3) is 0 Å². The lowest BCUT2D eigenvalue weighted by atomic mass is 9.90. The molecule has 0 spiro atoms. The van der Waals surface area contributed by atoms with E-state index in [1.165, 1.54) is 17.7 Å². The van der Waals surface area contributed by atoms with Crippen molar-refractivity contribution in [3.8, 4) is 0 Å². The molecule has 2 aromatic rings. The molecule has 0 saturated carbocycles. The van der Waals surface area contributed by atoms with Crippen molar-refractivity contribution in [1.82, 2.24) is 14.7 Å². The second kappa shape index (κ2) is 6.60. The monoisotopic (exact) mass is 363 g/mol. The molecule has 27 heavy (non-hydrogen) atoms. The molecule has 0 radical (unpaired) electrons. The van der Waals surface area contributed by atoms with Gasteiger partial charge in [0.2, 0.25) is 5.91 Å². The molecule has 1 aromatic carbocycles. The van der Waals surface area contributed by atoms with Crippen molar-refractivity contribution in [3.63, 3.8) is 0 Å². The van der Waals surface area contributed by atoms with Crippen molar-refractivity contribution in [2.45, 2.75) is 31.7 Å². The number of aryl methyl sites for hydroxylation is 1. The third-order valence-corrected chi connectivity index (χ3v) is 6.17. The maximum Gasteiger partial charge on any atom is 0.244 e. The van der Waals surface area contributed by atoms with Crippen LogP contribution in [0.15, 0.2) is 41.7 Å². The summed E-state index contributed by atoms with van der Waals surface area (Å²) in [5.74, 6) is 0.687. The van der Waals surface area contributed by atoms with Gasteiger partial charge in [0.15, 0.2) is 0 Å². The maximum absolute atomic E-state index is 13.0. The lowest BCUT2D eigenvalue weighted by molar-refractivity contribution is -0.122. The first kappa shape index (κ1) is 16.7. The van der Waals surface area contributed by atoms with Gasteiger partial charge in [-0.3, -0.25) is 19.4 Å². The van der Waals surface area contributed by atoms with Crippen LogP contribution in [-0.2, 0) is 18.3 Å². The number of carbonyl (C=O) groups excluding carboxylic acids is 1. The summed E-state index contributed by atoms with van der Waals surface area (Å²) in [5.41, 5.74) is 4.68. The van der Waals surface area contributed by atoms with Crippen LogP contribution in [0.4, 0.5) is 11.4 Å². The number of aromatic nitrogens is 2. The fourth-order valence-corrected chi connectivity index (χ4v) is 4.76. The number of likely N-dealkylation sites (tertiary alicyclic amines) is 1. The normalized spacial score (nSPS) is 25.7. The number of nitrogens with zero attached hydrogens (tertiary/aromatic N) is 5. The van der Waals surface area contributed by atoms with Crippen molar-refractivity contribution in [1.29, 1.82) is 0 Å². The Kier molecular flexibility index (Phi) is 4.08. The molecule has 0 aliphatic carbocycles. The quantitative estimate of drug-likeness (QED) is 0.842. The lowest BCUT2D eigenvalue weighted by Gasteiger charge is -2.36. The molecule has 0 bridgehead atoms. The zero-order valence-electron chi connectivity index (χ0n) is 15.7. The number of hydrogen-bond acceptors (Lipinski definition) is 4. The number of piperidine rings is 1. The van der Waals surface area contributed by atoms with E-state index in [4.69, 9.17) is 4.99 Å². The molecule has 140 valence electrons. The lowest BCUT2D eigenvalue weighted by Crippen LogP contribution is -2.48. The molecule has 2 saturated heterocycles. The summed E-state index contributed by atoms with van der Waals surface area (Å²) in [4.78, 5) is 22.2. The van der Waals surface area contributed by atoms with E-state index in [-0.39, 0.29) is 11.9 Å². The van der Waals surface area contributed by atoms with Crippen molar-refractivity contribution >= 4 is 23.0 Å². The molecule has 3 aliphatic rings. The number of fused-ring (bicyclic) bond motifs is 1. The number of carbonyl (C=O) groups is 1. The third kappa shape index (κ3) is 2.98. The number of para-hydroxylation sites is 1. The third-order valence-electron chi connectivity index (χ3n) is 6.17. The van der Waals surface area contributed by atoms with E-state index < -0.39 is 0 Å². The van der Waals surface area contributed by atoms with E-state index in [0.29, 0.717) is 5.92 Å². The first-order valence-corrected chi connectivity index (χ1v) is 9.88. The van der Waals surface area contributed by atoms with Crippen molar-refractivity contribution < 1.29 is 4.79 Å². The van der Waals surface area contributed by atoms with E-state index in [0.717, 1.165) is 50.3 Å². The van der Waals surface area contributed by atoms with Crippen LogP contribution in [0.25, 0.3) is 0 Å². The topological polar surface area (TPSA) is 53.7 Å². The number of rotatable bonds is 3. The predicted molar refractivity (Wildman–Crippen MR) is 106 cm³/mol. The largest absolute Gasteiger partial charge is 0.308 e. The smallest absolute Gasteiger partial charge is 0.244 e. The molecular weight excluding hydrogens is 338 g/mol. The predicted octanol–water partition coefficient (Wildman–Crippen LogP) is 2.57. The van der Waals surface area contributed by atoms with Gasteiger partial charge in [-0.25, -0.2) is 0 Å². The number of amides is 1. The van der Waals surface area contributed by atoms with Crippen LogP contribution in [0.3, 0.4) is 0 Å². The highest BCUT2D eigenvalue weighted by Crippen LogP contribution is 2.33. The molecule has 6 nitrogen and oxygen atoms in total. The van der Waals surface area contributed by atoms with Gasteiger partial charge < -0.3 is 4.90 Å². The highest BCUT2D eigenvalue weighted by atomic mass is 16.2. The summed E-state index contributed by atoms with van der Waals surface area (Å²) in [5, 5.41) is 4.21. The molecule has 0 N–H and O–H groups in total. The molecule has 4 heterocycles. The summed E-state index contributed by atoms with van der Waals surface area (Å²) < 4.78 is 1.75. The SMILES string of the molecule is Cn1cc(N2CCC(N3CCCC(C4=Nc5ccccc5C4)C3)C2=O)cn1. The first-order chi connectivity index (χ1) is 13.2. The Morgan fingerprint density at radius 1 is 1.15 bits per heavy atom. The van der Waals surface area contributed by atoms with Crippen LogP contribution in [0.2, 0.25) is 0 Å². The Morgan fingerprint density at radius 3 is 2.85 bits per heavy atom. The summed E-state index contributed by atoms with van der Waals surface area (Å²) in [6, 6.07) is 8.43. The summed E-state index contributed by atoms with van der Waals surface area (Å²) in [6.45, 7) is 2.74. The Hall–Kier alpha value is -2.47. The van der Waals surface area contributed by atoms with Gasteiger partial charge in [0, 0.05) is 44.4 Å². The zero-order valence-corrected chi connectivity index (χ0v) is 15.7. The zero-order chi connectivity index (χ0) is 18.4. The van der Waals surface area contributed by atoms with Gasteiger partial charge >= 0.3 is 0 Å². The Bertz CT molecular complexity index is 901. The van der Waals surface area contributed by atoms with Crippen molar-refractivity contribution in [2.24, 2.45) is 18.0 Å². The fraction of sp³-hybridized carbons (Fsp3) is 0.476. The highest BCUT2D eigenvalue weighted by molar-refractivity contribution is 5.99. The molecule has 2 fully saturated rings. The van der Waals surface area contributed by atoms with Crippen LogP contribution < -0.4 is 4.90 Å². The molecule has 1 amide bonds. The molecule has 2 unspecified atom stereocenters. The Balaban J connectivity index is 1.29. The number of hydrogen-bond donors (Lipinski definition) is 0. The Morgan fingerprint density at radius 2 is 2.04 bits per heavy atom. The summed E-state index contributed by atoms with van der Waals surface area (Å²) in [7, 11) is 1.89. The Labute approximate surface area is 159 Å². The molecular formula is C21H25N5O. The molecule has 2 atom stereocenters. The summed E-state index contributed by atoms with van der Waals surface area (Å²) in [6.07, 6.45) is 7.88. The number of anilines is 1. The molecule has 6 heteroatoms. The molecule has 5 rings (SSSR count). The van der Waals surface area contributed by atoms with Crippen LogP contribution in [0, 0.1) is 5.92 Å². The first-order valence-electron chi connectivity index (χ1n) is 9.88. The van der Waals surface area contributed by atoms with E-state index >= 15 is 0 Å². The van der Waals surface area contributed by atoms with Crippen molar-refractivity contribution in [3.05, 3.63) is 42.2 Å².